The molecule has 0 spiro atoms. The van der Waals surface area contributed by atoms with Crippen LogP contribution in [0.3, 0.4) is 0 Å². The average Bonchev–Trinajstić information content (AvgIpc) is 3.45. The van der Waals surface area contributed by atoms with E-state index in [9.17, 15) is 14.9 Å². The van der Waals surface area contributed by atoms with Gasteiger partial charge in [-0.1, -0.05) is 33.6 Å². The maximum Gasteiger partial charge on any atom is 0.345 e. The van der Waals surface area contributed by atoms with Gasteiger partial charge in [0.15, 0.2) is 23.9 Å². The van der Waals surface area contributed by atoms with Crippen molar-refractivity contribution in [2.75, 3.05) is 13.7 Å². The van der Waals surface area contributed by atoms with Gasteiger partial charge in [0.25, 0.3) is 0 Å². The van der Waals surface area contributed by atoms with Crippen LogP contribution >= 0.6 is 38.9 Å². The number of carbonyl (C=O) groups excluding carboxylic acids is 1. The molecule has 7 nitrogen and oxygen atoms in total. The van der Waals surface area contributed by atoms with Crippen LogP contribution in [0, 0.1) is 11.3 Å². The van der Waals surface area contributed by atoms with Crippen molar-refractivity contribution in [2.45, 2.75) is 0 Å². The molecule has 0 aliphatic heterocycles. The lowest BCUT2D eigenvalue weighted by Gasteiger charge is -2.11. The summed E-state index contributed by atoms with van der Waals surface area (Å²) < 4.78 is 17.5. The number of fused-ring (bicyclic) bond motifs is 1. The monoisotopic (exact) mass is 632 g/mol. The smallest absolute Gasteiger partial charge is 0.345 e. The van der Waals surface area contributed by atoms with Crippen molar-refractivity contribution in [3.05, 3.63) is 108 Å². The lowest BCUT2D eigenvalue weighted by Crippen LogP contribution is -2.12. The molecule has 198 valence electrons. The molecule has 0 unspecified atom stereocenters. The first-order valence-corrected chi connectivity index (χ1v) is 13.8. The zero-order chi connectivity index (χ0) is 28.2. The molecule has 2 heterocycles. The van der Waals surface area contributed by atoms with Gasteiger partial charge in [-0.25, -0.2) is 9.78 Å². The molecular formula is C30H18BrClN2O5S. The van der Waals surface area contributed by atoms with Crippen molar-refractivity contribution in [2.24, 2.45) is 0 Å². The van der Waals surface area contributed by atoms with E-state index >= 15 is 0 Å². The molecule has 0 fully saturated rings. The largest absolute Gasteiger partial charge is 0.493 e. The Kier molecular flexibility index (Phi) is 8.12. The quantitative estimate of drug-likeness (QED) is 0.0982. The molecule has 0 bridgehead atoms. The Bertz CT molecular complexity index is 1870. The highest BCUT2D eigenvalue weighted by atomic mass is 79.9. The predicted octanol–water partition coefficient (Wildman–Crippen LogP) is 7.67. The number of aromatic nitrogens is 1. The molecular weight excluding hydrogens is 616 g/mol. The van der Waals surface area contributed by atoms with Crippen LogP contribution in [0.15, 0.2) is 85.8 Å². The fourth-order valence-corrected chi connectivity index (χ4v) is 5.15. The van der Waals surface area contributed by atoms with Crippen LogP contribution in [0.25, 0.3) is 33.9 Å². The van der Waals surface area contributed by atoms with Crippen LogP contribution in [0.1, 0.15) is 20.9 Å². The number of allylic oxidation sites excluding steroid dienone is 1. The first-order valence-electron chi connectivity index (χ1n) is 11.8. The normalized spacial score (nSPS) is 11.3. The molecule has 0 radical (unpaired) electrons. The third kappa shape index (κ3) is 6.00. The number of nitriles is 1. The molecule has 0 aliphatic rings. The number of rotatable bonds is 8. The highest BCUT2D eigenvalue weighted by Gasteiger charge is 2.15. The fourth-order valence-electron chi connectivity index (χ4n) is 3.86. The van der Waals surface area contributed by atoms with Gasteiger partial charge in [-0.15, -0.1) is 11.3 Å². The minimum atomic E-state index is -0.510. The molecule has 10 heteroatoms. The van der Waals surface area contributed by atoms with Gasteiger partial charge in [-0.05, 0) is 72.3 Å². The number of carbonyl (C=O) groups is 1. The van der Waals surface area contributed by atoms with E-state index < -0.39 is 5.63 Å². The lowest BCUT2D eigenvalue weighted by atomic mass is 10.1. The first kappa shape index (κ1) is 27.3. The summed E-state index contributed by atoms with van der Waals surface area (Å²) in [6.07, 6.45) is 1.66. The van der Waals surface area contributed by atoms with Crippen molar-refractivity contribution in [3.63, 3.8) is 0 Å². The lowest BCUT2D eigenvalue weighted by molar-refractivity contribution is 0.0919. The zero-order valence-electron chi connectivity index (χ0n) is 20.8. The summed E-state index contributed by atoms with van der Waals surface area (Å²) >= 11 is 10.6. The third-order valence-electron chi connectivity index (χ3n) is 5.85. The second-order valence-corrected chi connectivity index (χ2v) is 10.7. The van der Waals surface area contributed by atoms with Crippen molar-refractivity contribution in [1.82, 2.24) is 4.98 Å². The summed E-state index contributed by atoms with van der Waals surface area (Å²) in [4.78, 5) is 29.6. The Balaban J connectivity index is 1.37. The van der Waals surface area contributed by atoms with Crippen molar-refractivity contribution in [1.29, 1.82) is 5.26 Å². The van der Waals surface area contributed by atoms with E-state index in [0.29, 0.717) is 55.1 Å². The van der Waals surface area contributed by atoms with Crippen LogP contribution < -0.4 is 15.1 Å². The number of nitrogens with zero attached hydrogens (tertiary/aromatic N) is 2. The van der Waals surface area contributed by atoms with Crippen molar-refractivity contribution >= 4 is 67.3 Å². The SMILES string of the molecule is COc1cc(/C=C(/C#N)c2nc(-c3cc4cc(Br)ccc4oc3=O)cs2)ccc1OCC(=O)c1ccc(Cl)cc1. The molecule has 2 aromatic heterocycles. The summed E-state index contributed by atoms with van der Waals surface area (Å²) in [5.74, 6) is 0.573. The Morgan fingerprint density at radius 2 is 1.93 bits per heavy atom. The van der Waals surface area contributed by atoms with E-state index in [1.54, 1.807) is 72.1 Å². The van der Waals surface area contributed by atoms with E-state index in [4.69, 9.17) is 25.5 Å². The summed E-state index contributed by atoms with van der Waals surface area (Å²) in [5, 5.41) is 13.3. The molecule has 0 saturated carbocycles. The first-order chi connectivity index (χ1) is 19.3. The van der Waals surface area contributed by atoms with Crippen LogP contribution in [0.5, 0.6) is 11.5 Å². The Hall–Kier alpha value is -4.23. The molecule has 3 aromatic carbocycles. The summed E-state index contributed by atoms with van der Waals surface area (Å²) in [6.45, 7) is -0.182. The number of benzene rings is 3. The van der Waals surface area contributed by atoms with Crippen LogP contribution in [-0.4, -0.2) is 24.5 Å². The molecule has 40 heavy (non-hydrogen) atoms. The molecule has 0 amide bonds. The highest BCUT2D eigenvalue weighted by molar-refractivity contribution is 9.10. The van der Waals surface area contributed by atoms with Crippen molar-refractivity contribution < 1.29 is 18.7 Å². The minimum absolute atomic E-state index is 0.182. The Morgan fingerprint density at radius 3 is 2.67 bits per heavy atom. The molecule has 0 N–H and O–H groups in total. The number of ether oxygens (including phenoxy) is 2. The third-order valence-corrected chi connectivity index (χ3v) is 7.47. The summed E-state index contributed by atoms with van der Waals surface area (Å²) in [6, 6.07) is 20.9. The number of ketones is 1. The number of hydrogen-bond acceptors (Lipinski definition) is 8. The fraction of sp³-hybridized carbons (Fsp3) is 0.0667. The van der Waals surface area contributed by atoms with Gasteiger partial charge in [0.1, 0.15) is 16.7 Å². The summed E-state index contributed by atoms with van der Waals surface area (Å²) in [5.41, 5.74) is 2.14. The number of methoxy groups -OCH3 is 1. The average molecular weight is 634 g/mol. The second-order valence-electron chi connectivity index (χ2n) is 8.47. The number of thiazole rings is 1. The molecule has 5 aromatic rings. The zero-order valence-corrected chi connectivity index (χ0v) is 24.0. The number of Topliss-reactive ketones (excluding diaryl/α,β-unsaturated/α-hetero) is 1. The molecule has 0 atom stereocenters. The van der Waals surface area contributed by atoms with Gasteiger partial charge in [-0.3, -0.25) is 4.79 Å². The summed E-state index contributed by atoms with van der Waals surface area (Å²) in [7, 11) is 1.49. The van der Waals surface area contributed by atoms with Gasteiger partial charge in [-0.2, -0.15) is 5.26 Å². The van der Waals surface area contributed by atoms with Gasteiger partial charge in [0, 0.05) is 25.8 Å². The molecule has 5 rings (SSSR count). The maximum absolute atomic E-state index is 12.6. The number of halogens is 2. The minimum Gasteiger partial charge on any atom is -0.493 e. The Labute approximate surface area is 246 Å². The van der Waals surface area contributed by atoms with Crippen LogP contribution in [0.4, 0.5) is 0 Å². The van der Waals surface area contributed by atoms with E-state index in [1.807, 2.05) is 6.07 Å². The maximum atomic E-state index is 12.6. The van der Waals surface area contributed by atoms with Crippen LogP contribution in [-0.2, 0) is 0 Å². The second kappa shape index (κ2) is 11.9. The van der Waals surface area contributed by atoms with E-state index in [1.165, 1.54) is 18.4 Å². The Morgan fingerprint density at radius 1 is 1.12 bits per heavy atom. The van der Waals surface area contributed by atoms with Gasteiger partial charge in [0.05, 0.1) is 23.9 Å². The topological polar surface area (TPSA) is 102 Å². The van der Waals surface area contributed by atoms with Gasteiger partial charge < -0.3 is 13.9 Å². The van der Waals surface area contributed by atoms with Crippen LogP contribution in [0.2, 0.25) is 5.02 Å². The van der Waals surface area contributed by atoms with E-state index in [-0.39, 0.29) is 12.4 Å². The predicted molar refractivity (Wildman–Crippen MR) is 159 cm³/mol. The molecule has 0 aliphatic carbocycles. The highest BCUT2D eigenvalue weighted by Crippen LogP contribution is 2.32. The molecule has 0 saturated heterocycles. The van der Waals surface area contributed by atoms with Gasteiger partial charge >= 0.3 is 5.63 Å². The van der Waals surface area contributed by atoms with Gasteiger partial charge in [0.2, 0.25) is 0 Å². The number of hydrogen-bond donors (Lipinski definition) is 0. The van der Waals surface area contributed by atoms with E-state index in [0.717, 1.165) is 9.86 Å². The van der Waals surface area contributed by atoms with Crippen molar-refractivity contribution in [3.8, 4) is 28.8 Å². The van der Waals surface area contributed by atoms with E-state index in [2.05, 4.69) is 27.0 Å². The standard InChI is InChI=1S/C30H18BrClN2O5S/c1-37-28-11-17(2-8-27(28)38-15-25(35)18-3-6-22(32)7-4-18)10-20(14-33)29-34-24(16-40-29)23-13-19-12-21(31)5-9-26(19)39-30(23)36/h2-13,16H,15H2,1H3/b20-10-.